The van der Waals surface area contributed by atoms with E-state index in [2.05, 4.69) is 11.4 Å². The van der Waals surface area contributed by atoms with Crippen LogP contribution in [0.5, 0.6) is 0 Å². The van der Waals surface area contributed by atoms with Gasteiger partial charge < -0.3 is 9.73 Å². The summed E-state index contributed by atoms with van der Waals surface area (Å²) >= 11 is 0. The maximum atomic E-state index is 10.3. The highest BCUT2D eigenvalue weighted by molar-refractivity contribution is 5.17. The zero-order valence-electron chi connectivity index (χ0n) is 8.27. The number of furan rings is 1. The van der Waals surface area contributed by atoms with Gasteiger partial charge in [-0.25, -0.2) is 0 Å². The lowest BCUT2D eigenvalue weighted by Gasteiger charge is -2.02. The molecule has 0 radical (unpaired) electrons. The van der Waals surface area contributed by atoms with Crippen molar-refractivity contribution in [3.63, 3.8) is 0 Å². The second-order valence-corrected chi connectivity index (χ2v) is 3.16. The normalized spacial score (nSPS) is 12.0. The van der Waals surface area contributed by atoms with E-state index in [4.69, 9.17) is 9.68 Å². The van der Waals surface area contributed by atoms with Crippen molar-refractivity contribution in [2.45, 2.75) is 13.5 Å². The van der Waals surface area contributed by atoms with Crippen LogP contribution in [0.25, 0.3) is 0 Å². The van der Waals surface area contributed by atoms with Crippen molar-refractivity contribution >= 4 is 5.88 Å². The fraction of sp³-hybridized carbons (Fsp3) is 0.444. The monoisotopic (exact) mass is 209 g/mol. The maximum absolute atomic E-state index is 10.3. The third kappa shape index (κ3) is 3.40. The van der Waals surface area contributed by atoms with Crippen molar-refractivity contribution in [1.82, 2.24) is 5.32 Å². The predicted octanol–water partition coefficient (Wildman–Crippen LogP) is 1.44. The summed E-state index contributed by atoms with van der Waals surface area (Å²) in [5.41, 5.74) is 0. The summed E-state index contributed by atoms with van der Waals surface area (Å²) in [7, 11) is 0. The largest absolute Gasteiger partial charge is 0.433 e. The number of nitrogens with one attached hydrogen (secondary N) is 1. The van der Waals surface area contributed by atoms with Crippen molar-refractivity contribution < 1.29 is 9.34 Å². The van der Waals surface area contributed by atoms with Crippen molar-refractivity contribution in [2.24, 2.45) is 5.92 Å². The molecular formula is C9H11N3O3. The molecule has 1 heterocycles. The molecule has 0 aliphatic rings. The number of hydrogen-bond donors (Lipinski definition) is 1. The minimum Gasteiger partial charge on any atom is -0.404 e. The van der Waals surface area contributed by atoms with E-state index in [-0.39, 0.29) is 11.8 Å². The molecule has 0 aromatic carbocycles. The summed E-state index contributed by atoms with van der Waals surface area (Å²) in [5, 5.41) is 21.8. The first-order valence-electron chi connectivity index (χ1n) is 4.47. The topological polar surface area (TPSA) is 92.1 Å². The van der Waals surface area contributed by atoms with Gasteiger partial charge in [0.25, 0.3) is 0 Å². The van der Waals surface area contributed by atoms with Gasteiger partial charge in [0.15, 0.2) is 0 Å². The maximum Gasteiger partial charge on any atom is 0.433 e. The number of nitrogens with zero attached hydrogens (tertiary/aromatic N) is 2. The number of nitro groups is 1. The summed E-state index contributed by atoms with van der Waals surface area (Å²) in [4.78, 5) is 9.71. The van der Waals surface area contributed by atoms with Gasteiger partial charge in [0, 0.05) is 6.54 Å². The molecule has 1 aromatic rings. The lowest BCUT2D eigenvalue weighted by atomic mass is 10.2. The Kier molecular flexibility index (Phi) is 3.83. The molecule has 80 valence electrons. The zero-order valence-corrected chi connectivity index (χ0v) is 8.27. The summed E-state index contributed by atoms with van der Waals surface area (Å²) in [5.74, 6) is 0.141. The van der Waals surface area contributed by atoms with Crippen LogP contribution in [0.1, 0.15) is 12.7 Å². The predicted molar refractivity (Wildman–Crippen MR) is 51.8 cm³/mol. The minimum absolute atomic E-state index is 0.0880. The molecule has 0 aliphatic heterocycles. The Bertz CT molecular complexity index is 380. The minimum atomic E-state index is -0.582. The summed E-state index contributed by atoms with van der Waals surface area (Å²) in [6, 6.07) is 4.93. The smallest absolute Gasteiger partial charge is 0.404 e. The van der Waals surface area contributed by atoms with Gasteiger partial charge >= 0.3 is 5.88 Å². The van der Waals surface area contributed by atoms with E-state index in [1.54, 1.807) is 13.0 Å². The van der Waals surface area contributed by atoms with Crippen molar-refractivity contribution in [2.75, 3.05) is 6.54 Å². The molecule has 1 unspecified atom stereocenters. The molecule has 1 rings (SSSR count). The molecule has 0 aliphatic carbocycles. The highest BCUT2D eigenvalue weighted by Gasteiger charge is 2.11. The van der Waals surface area contributed by atoms with Crippen LogP contribution in [-0.2, 0) is 6.54 Å². The van der Waals surface area contributed by atoms with Crippen LogP contribution in [0.15, 0.2) is 16.5 Å². The highest BCUT2D eigenvalue weighted by Crippen LogP contribution is 2.15. The number of rotatable bonds is 5. The Morgan fingerprint density at radius 1 is 1.73 bits per heavy atom. The zero-order chi connectivity index (χ0) is 11.3. The van der Waals surface area contributed by atoms with Crippen LogP contribution in [0.4, 0.5) is 5.88 Å². The number of nitriles is 1. The Morgan fingerprint density at radius 3 is 3.00 bits per heavy atom. The highest BCUT2D eigenvalue weighted by atomic mass is 16.6. The van der Waals surface area contributed by atoms with Crippen LogP contribution in [0.3, 0.4) is 0 Å². The Labute approximate surface area is 86.6 Å². The van der Waals surface area contributed by atoms with Crippen LogP contribution in [-0.4, -0.2) is 11.5 Å². The van der Waals surface area contributed by atoms with E-state index in [1.807, 2.05) is 0 Å². The summed E-state index contributed by atoms with van der Waals surface area (Å²) in [6.45, 7) is 2.71. The lowest BCUT2D eigenvalue weighted by molar-refractivity contribution is -0.402. The van der Waals surface area contributed by atoms with Gasteiger partial charge in [-0.2, -0.15) is 5.26 Å². The second-order valence-electron chi connectivity index (χ2n) is 3.16. The molecule has 0 fully saturated rings. The van der Waals surface area contributed by atoms with E-state index in [1.165, 1.54) is 6.07 Å². The molecule has 6 heteroatoms. The fourth-order valence-electron chi connectivity index (χ4n) is 1.02. The van der Waals surface area contributed by atoms with Crippen molar-refractivity contribution in [1.29, 1.82) is 5.26 Å². The first kappa shape index (κ1) is 11.2. The third-order valence-corrected chi connectivity index (χ3v) is 1.80. The standard InChI is InChI=1S/C9H11N3O3/c1-7(4-10)5-11-6-8-2-3-9(15-8)12(13)14/h2-3,7,11H,5-6H2,1H3. The van der Waals surface area contributed by atoms with E-state index >= 15 is 0 Å². The SMILES string of the molecule is CC(C#N)CNCc1ccc([N+](=O)[O-])o1. The van der Waals surface area contributed by atoms with E-state index < -0.39 is 4.92 Å². The first-order valence-corrected chi connectivity index (χ1v) is 4.47. The van der Waals surface area contributed by atoms with E-state index in [9.17, 15) is 10.1 Å². The summed E-state index contributed by atoms with van der Waals surface area (Å²) < 4.78 is 4.92. The fourth-order valence-corrected chi connectivity index (χ4v) is 1.02. The van der Waals surface area contributed by atoms with Gasteiger partial charge in [-0.3, -0.25) is 10.1 Å². The molecule has 1 N–H and O–H groups in total. The van der Waals surface area contributed by atoms with Crippen molar-refractivity contribution in [3.8, 4) is 6.07 Å². The van der Waals surface area contributed by atoms with Gasteiger partial charge in [-0.1, -0.05) is 0 Å². The average molecular weight is 209 g/mol. The molecule has 15 heavy (non-hydrogen) atoms. The van der Waals surface area contributed by atoms with E-state index in [0.29, 0.717) is 18.8 Å². The number of hydrogen-bond acceptors (Lipinski definition) is 5. The van der Waals surface area contributed by atoms with Gasteiger partial charge in [0.05, 0.1) is 24.6 Å². The van der Waals surface area contributed by atoms with Gasteiger partial charge in [0.2, 0.25) is 0 Å². The molecule has 0 spiro atoms. The quantitative estimate of drug-likeness (QED) is 0.585. The van der Waals surface area contributed by atoms with Crippen molar-refractivity contribution in [3.05, 3.63) is 28.0 Å². The molecular weight excluding hydrogens is 198 g/mol. The first-order chi connectivity index (χ1) is 7.13. The Hall–Kier alpha value is -1.87. The van der Waals surface area contributed by atoms with Crippen LogP contribution in [0, 0.1) is 27.4 Å². The molecule has 0 amide bonds. The van der Waals surface area contributed by atoms with E-state index in [0.717, 1.165) is 0 Å². The molecule has 0 saturated carbocycles. The lowest BCUT2D eigenvalue weighted by Crippen LogP contribution is -2.19. The van der Waals surface area contributed by atoms with Crippen LogP contribution >= 0.6 is 0 Å². The van der Waals surface area contributed by atoms with Crippen LogP contribution in [0.2, 0.25) is 0 Å². The van der Waals surface area contributed by atoms with Gasteiger partial charge in [-0.15, -0.1) is 0 Å². The average Bonchev–Trinajstić information content (AvgIpc) is 2.66. The Balaban J connectivity index is 2.39. The second kappa shape index (κ2) is 5.12. The summed E-state index contributed by atoms with van der Waals surface area (Å²) in [6.07, 6.45) is 0. The van der Waals surface area contributed by atoms with Crippen LogP contribution < -0.4 is 5.32 Å². The van der Waals surface area contributed by atoms with Gasteiger partial charge in [0.1, 0.15) is 10.7 Å². The molecule has 6 nitrogen and oxygen atoms in total. The molecule has 1 atom stereocenters. The molecule has 0 saturated heterocycles. The molecule has 1 aromatic heterocycles. The van der Waals surface area contributed by atoms with Gasteiger partial charge in [-0.05, 0) is 13.0 Å². The Morgan fingerprint density at radius 2 is 2.47 bits per heavy atom. The molecule has 0 bridgehead atoms. The third-order valence-electron chi connectivity index (χ3n) is 1.80.